The molecule has 5 heteroatoms. The second-order valence-electron chi connectivity index (χ2n) is 4.87. The first kappa shape index (κ1) is 15.8. The van der Waals surface area contributed by atoms with Crippen molar-refractivity contribution in [2.24, 2.45) is 0 Å². The van der Waals surface area contributed by atoms with Crippen LogP contribution in [-0.2, 0) is 17.7 Å². The minimum absolute atomic E-state index is 0.525. The Kier molecular flexibility index (Phi) is 6.04. The molecule has 0 aliphatic carbocycles. The summed E-state index contributed by atoms with van der Waals surface area (Å²) in [5.41, 5.74) is 2.39. The van der Waals surface area contributed by atoms with Crippen LogP contribution in [0.25, 0.3) is 11.0 Å². The lowest BCUT2D eigenvalue weighted by atomic mass is 10.2. The third kappa shape index (κ3) is 3.75. The van der Waals surface area contributed by atoms with E-state index in [4.69, 9.17) is 16.3 Å². The second kappa shape index (κ2) is 8.02. The van der Waals surface area contributed by atoms with Gasteiger partial charge in [0.05, 0.1) is 11.1 Å². The molecule has 21 heavy (non-hydrogen) atoms. The van der Waals surface area contributed by atoms with Crippen molar-refractivity contribution in [3.63, 3.8) is 0 Å². The summed E-state index contributed by atoms with van der Waals surface area (Å²) in [7, 11) is 0. The lowest BCUT2D eigenvalue weighted by molar-refractivity contribution is 0.129. The van der Waals surface area contributed by atoms with Gasteiger partial charge in [0.2, 0.25) is 0 Å². The molecule has 2 aromatic rings. The zero-order valence-corrected chi connectivity index (χ0v) is 13.1. The van der Waals surface area contributed by atoms with Crippen molar-refractivity contribution in [3.05, 3.63) is 29.6 Å². The molecular weight excluding hydrogens is 286 g/mol. The monoisotopic (exact) mass is 305 g/mol. The number of hydrogen-bond acceptors (Lipinski definition) is 3. The normalized spacial score (nSPS) is 10.9. The summed E-state index contributed by atoms with van der Waals surface area (Å²) in [6.45, 7) is 4.48. The van der Waals surface area contributed by atoms with E-state index < -0.39 is 0 Å². The SMILES string of the molecule is CCCOCCCn1c(CCCl)nc2c(C#N)cccc21. The predicted molar refractivity (Wildman–Crippen MR) is 84.6 cm³/mol. The maximum absolute atomic E-state index is 9.19. The number of para-hydroxylation sites is 1. The van der Waals surface area contributed by atoms with Crippen molar-refractivity contribution >= 4 is 22.6 Å². The van der Waals surface area contributed by atoms with Crippen LogP contribution in [0.4, 0.5) is 0 Å². The number of aromatic nitrogens is 2. The Labute approximate surface area is 130 Å². The van der Waals surface area contributed by atoms with Crippen molar-refractivity contribution < 1.29 is 4.74 Å². The molecule has 0 aliphatic rings. The third-order valence-electron chi connectivity index (χ3n) is 3.32. The van der Waals surface area contributed by atoms with Gasteiger partial charge in [0.1, 0.15) is 17.4 Å². The molecule has 2 rings (SSSR count). The molecule has 0 N–H and O–H groups in total. The minimum atomic E-state index is 0.525. The Morgan fingerprint density at radius 1 is 1.38 bits per heavy atom. The Hall–Kier alpha value is -1.57. The van der Waals surface area contributed by atoms with Gasteiger partial charge in [-0.05, 0) is 25.0 Å². The molecule has 0 amide bonds. The highest BCUT2D eigenvalue weighted by molar-refractivity contribution is 6.17. The number of rotatable bonds is 8. The van der Waals surface area contributed by atoms with E-state index in [2.05, 4.69) is 22.5 Å². The zero-order valence-electron chi connectivity index (χ0n) is 12.3. The number of nitrogens with zero attached hydrogens (tertiary/aromatic N) is 3. The van der Waals surface area contributed by atoms with E-state index in [0.717, 1.165) is 49.5 Å². The van der Waals surface area contributed by atoms with Gasteiger partial charge in [-0.25, -0.2) is 4.98 Å². The molecule has 0 saturated heterocycles. The molecular formula is C16H20ClN3O. The zero-order chi connectivity index (χ0) is 15.1. The molecule has 0 saturated carbocycles. The van der Waals surface area contributed by atoms with E-state index in [1.54, 1.807) is 6.07 Å². The highest BCUT2D eigenvalue weighted by Gasteiger charge is 2.12. The van der Waals surface area contributed by atoms with Crippen LogP contribution < -0.4 is 0 Å². The molecule has 1 aromatic carbocycles. The lowest BCUT2D eigenvalue weighted by Gasteiger charge is -2.09. The van der Waals surface area contributed by atoms with Crippen molar-refractivity contribution in [2.75, 3.05) is 19.1 Å². The quantitative estimate of drug-likeness (QED) is 0.554. The largest absolute Gasteiger partial charge is 0.381 e. The van der Waals surface area contributed by atoms with Crippen LogP contribution in [0, 0.1) is 11.3 Å². The van der Waals surface area contributed by atoms with Gasteiger partial charge in [-0.2, -0.15) is 5.26 Å². The fraction of sp³-hybridized carbons (Fsp3) is 0.500. The summed E-state index contributed by atoms with van der Waals surface area (Å²) in [5.74, 6) is 1.47. The molecule has 0 spiro atoms. The molecule has 0 atom stereocenters. The Morgan fingerprint density at radius 2 is 2.24 bits per heavy atom. The number of imidazole rings is 1. The van der Waals surface area contributed by atoms with E-state index >= 15 is 0 Å². The maximum Gasteiger partial charge on any atom is 0.111 e. The summed E-state index contributed by atoms with van der Waals surface area (Å²) in [4.78, 5) is 4.60. The van der Waals surface area contributed by atoms with E-state index in [0.29, 0.717) is 17.9 Å². The van der Waals surface area contributed by atoms with Crippen LogP contribution in [0.15, 0.2) is 18.2 Å². The highest BCUT2D eigenvalue weighted by atomic mass is 35.5. The van der Waals surface area contributed by atoms with E-state index in [9.17, 15) is 5.26 Å². The molecule has 0 unspecified atom stereocenters. The average Bonchev–Trinajstić information content (AvgIpc) is 2.85. The number of aryl methyl sites for hydroxylation is 2. The van der Waals surface area contributed by atoms with Crippen molar-refractivity contribution in [1.29, 1.82) is 5.26 Å². The van der Waals surface area contributed by atoms with E-state index in [1.807, 2.05) is 12.1 Å². The number of fused-ring (bicyclic) bond motifs is 1. The number of nitriles is 1. The maximum atomic E-state index is 9.19. The Balaban J connectivity index is 2.23. The van der Waals surface area contributed by atoms with Gasteiger partial charge in [0.15, 0.2) is 0 Å². The molecule has 0 aliphatic heterocycles. The first-order valence-electron chi connectivity index (χ1n) is 7.33. The topological polar surface area (TPSA) is 50.8 Å². The molecule has 112 valence electrons. The van der Waals surface area contributed by atoms with Gasteiger partial charge in [-0.3, -0.25) is 0 Å². The van der Waals surface area contributed by atoms with Gasteiger partial charge in [-0.15, -0.1) is 11.6 Å². The Morgan fingerprint density at radius 3 is 2.95 bits per heavy atom. The summed E-state index contributed by atoms with van der Waals surface area (Å²) >= 11 is 5.87. The van der Waals surface area contributed by atoms with Crippen molar-refractivity contribution in [2.45, 2.75) is 32.7 Å². The van der Waals surface area contributed by atoms with Gasteiger partial charge in [-0.1, -0.05) is 13.0 Å². The third-order valence-corrected chi connectivity index (χ3v) is 3.50. The summed E-state index contributed by atoms with van der Waals surface area (Å²) in [6, 6.07) is 7.91. The smallest absolute Gasteiger partial charge is 0.111 e. The lowest BCUT2D eigenvalue weighted by Crippen LogP contribution is -2.07. The molecule has 4 nitrogen and oxygen atoms in total. The highest BCUT2D eigenvalue weighted by Crippen LogP contribution is 2.21. The molecule has 1 heterocycles. The van der Waals surface area contributed by atoms with Crippen LogP contribution >= 0.6 is 11.6 Å². The average molecular weight is 306 g/mol. The molecule has 0 fully saturated rings. The van der Waals surface area contributed by atoms with E-state index in [1.165, 1.54) is 0 Å². The van der Waals surface area contributed by atoms with Gasteiger partial charge in [0, 0.05) is 32.1 Å². The van der Waals surface area contributed by atoms with Crippen molar-refractivity contribution in [1.82, 2.24) is 9.55 Å². The van der Waals surface area contributed by atoms with Gasteiger partial charge in [0.25, 0.3) is 0 Å². The molecule has 1 aromatic heterocycles. The standard InChI is InChI=1S/C16H20ClN3O/c1-2-10-21-11-4-9-20-14-6-3-5-13(12-18)16(14)19-15(20)7-8-17/h3,5-6H,2,4,7-11H2,1H3. The van der Waals surface area contributed by atoms with Crippen LogP contribution in [-0.4, -0.2) is 28.6 Å². The van der Waals surface area contributed by atoms with Gasteiger partial charge >= 0.3 is 0 Å². The first-order valence-corrected chi connectivity index (χ1v) is 7.87. The number of alkyl halides is 1. The molecule has 0 bridgehead atoms. The minimum Gasteiger partial charge on any atom is -0.381 e. The fourth-order valence-electron chi connectivity index (χ4n) is 2.38. The molecule has 0 radical (unpaired) electrons. The number of ether oxygens (including phenoxy) is 1. The van der Waals surface area contributed by atoms with Crippen LogP contribution in [0.1, 0.15) is 31.2 Å². The van der Waals surface area contributed by atoms with E-state index in [-0.39, 0.29) is 0 Å². The number of hydrogen-bond donors (Lipinski definition) is 0. The van der Waals surface area contributed by atoms with Gasteiger partial charge < -0.3 is 9.30 Å². The van der Waals surface area contributed by atoms with Crippen LogP contribution in [0.3, 0.4) is 0 Å². The Bertz CT molecular complexity index is 630. The van der Waals surface area contributed by atoms with Crippen LogP contribution in [0.5, 0.6) is 0 Å². The summed E-state index contributed by atoms with van der Waals surface area (Å²) in [5, 5.41) is 9.19. The number of benzene rings is 1. The number of halogens is 1. The predicted octanol–water partition coefficient (Wildman–Crippen LogP) is 3.51. The van der Waals surface area contributed by atoms with Crippen molar-refractivity contribution in [3.8, 4) is 6.07 Å². The second-order valence-corrected chi connectivity index (χ2v) is 5.25. The first-order chi connectivity index (χ1) is 10.3. The van der Waals surface area contributed by atoms with Crippen LogP contribution in [0.2, 0.25) is 0 Å². The summed E-state index contributed by atoms with van der Waals surface area (Å²) < 4.78 is 7.69. The summed E-state index contributed by atoms with van der Waals surface area (Å²) in [6.07, 6.45) is 2.67. The fourth-order valence-corrected chi connectivity index (χ4v) is 2.55.